The van der Waals surface area contributed by atoms with Crippen molar-refractivity contribution in [1.29, 1.82) is 0 Å². The van der Waals surface area contributed by atoms with Gasteiger partial charge >= 0.3 is 0 Å². The smallest absolute Gasteiger partial charge is 0.211 e. The molecular formula is C20H26O6. The molecule has 0 amide bonds. The fourth-order valence-corrected chi connectivity index (χ4v) is 8.38. The van der Waals surface area contributed by atoms with Crippen molar-refractivity contribution in [3.8, 4) is 0 Å². The topological polar surface area (TPSA) is 96.2 Å². The first-order valence-corrected chi connectivity index (χ1v) is 9.80. The minimum absolute atomic E-state index is 0.133. The Hall–Kier alpha value is -0.790. The fraction of sp³-hybridized carbons (Fsp3) is 0.850. The Balaban J connectivity index is 1.70. The Morgan fingerprint density at radius 2 is 1.92 bits per heavy atom. The second-order valence-electron chi connectivity index (χ2n) is 10.1. The highest BCUT2D eigenvalue weighted by Gasteiger charge is 2.92. The van der Waals surface area contributed by atoms with Crippen LogP contribution in [0, 0.1) is 34.0 Å². The summed E-state index contributed by atoms with van der Waals surface area (Å²) in [6, 6.07) is 0. The third-order valence-corrected chi connectivity index (χ3v) is 9.14. The zero-order chi connectivity index (χ0) is 18.4. The summed E-state index contributed by atoms with van der Waals surface area (Å²) in [6.07, 6.45) is -0.473. The van der Waals surface area contributed by atoms with Gasteiger partial charge in [0.05, 0.1) is 17.6 Å². The quantitative estimate of drug-likeness (QED) is 0.550. The van der Waals surface area contributed by atoms with Gasteiger partial charge in [0.2, 0.25) is 5.79 Å². The van der Waals surface area contributed by atoms with Crippen molar-refractivity contribution >= 4 is 5.78 Å². The summed E-state index contributed by atoms with van der Waals surface area (Å²) in [5.74, 6) is -2.99. The lowest BCUT2D eigenvalue weighted by Gasteiger charge is -2.79. The summed E-state index contributed by atoms with van der Waals surface area (Å²) in [5, 5.41) is 34.3. The number of carbonyl (C=O) groups excluding carboxylic acids is 1. The van der Waals surface area contributed by atoms with Crippen LogP contribution in [0.15, 0.2) is 12.2 Å². The molecule has 0 aromatic rings. The molecule has 26 heavy (non-hydrogen) atoms. The number of hydrogen-bond donors (Lipinski definition) is 3. The SMILES string of the molecule is C=C1C(=O)C23C4CC[C@@H]1[C@H]2OC1O[C@@]3(O)[C@@H](O)[C@@H]2C(C)(C)CC[C@H](O)C142. The molecule has 6 nitrogen and oxygen atoms in total. The zero-order valence-electron chi connectivity index (χ0n) is 15.1. The van der Waals surface area contributed by atoms with Crippen molar-refractivity contribution in [2.75, 3.05) is 0 Å². The predicted molar refractivity (Wildman–Crippen MR) is 88.4 cm³/mol. The average molecular weight is 362 g/mol. The van der Waals surface area contributed by atoms with Crippen LogP contribution >= 0.6 is 0 Å². The molecule has 8 fully saturated rings. The van der Waals surface area contributed by atoms with Gasteiger partial charge in [0.15, 0.2) is 12.1 Å². The lowest BCUT2D eigenvalue weighted by atomic mass is 9.34. The van der Waals surface area contributed by atoms with Crippen LogP contribution in [0.3, 0.4) is 0 Å². The lowest BCUT2D eigenvalue weighted by Crippen LogP contribution is -2.91. The van der Waals surface area contributed by atoms with E-state index < -0.39 is 47.1 Å². The first-order valence-electron chi connectivity index (χ1n) is 9.80. The van der Waals surface area contributed by atoms with E-state index in [4.69, 9.17) is 9.47 Å². The highest BCUT2D eigenvalue weighted by atomic mass is 16.8. The molecule has 142 valence electrons. The van der Waals surface area contributed by atoms with Crippen LogP contribution in [-0.2, 0) is 14.3 Å². The van der Waals surface area contributed by atoms with Gasteiger partial charge in [-0.2, -0.15) is 0 Å². The fourth-order valence-electron chi connectivity index (χ4n) is 8.38. The normalized spacial score (nSPS) is 64.0. The van der Waals surface area contributed by atoms with Crippen LogP contribution in [0.4, 0.5) is 0 Å². The molecule has 8 aliphatic rings. The molecule has 4 saturated carbocycles. The van der Waals surface area contributed by atoms with Gasteiger partial charge in [-0.05, 0) is 42.6 Å². The summed E-state index contributed by atoms with van der Waals surface area (Å²) in [7, 11) is 0. The highest BCUT2D eigenvalue weighted by Crippen LogP contribution is 2.81. The number of Topliss-reactive ketones (excluding diaryl/α,β-unsaturated/α-hetero) is 1. The highest BCUT2D eigenvalue weighted by molar-refractivity contribution is 6.05. The molecule has 4 aliphatic heterocycles. The predicted octanol–water partition coefficient (Wildman–Crippen LogP) is 0.740. The molecule has 2 spiro atoms. The maximum atomic E-state index is 13.4. The van der Waals surface area contributed by atoms with Crippen molar-refractivity contribution < 1.29 is 29.6 Å². The molecule has 4 heterocycles. The Morgan fingerprint density at radius 1 is 1.19 bits per heavy atom. The first kappa shape index (κ1) is 16.2. The van der Waals surface area contributed by atoms with E-state index in [2.05, 4.69) is 20.4 Å². The molecule has 3 N–H and O–H groups in total. The van der Waals surface area contributed by atoms with Crippen molar-refractivity contribution in [3.63, 3.8) is 0 Å². The summed E-state index contributed by atoms with van der Waals surface area (Å²) in [6.45, 7) is 8.14. The van der Waals surface area contributed by atoms with E-state index in [0.29, 0.717) is 18.4 Å². The summed E-state index contributed by atoms with van der Waals surface area (Å²) in [4.78, 5) is 13.4. The van der Waals surface area contributed by atoms with Gasteiger partial charge in [-0.15, -0.1) is 0 Å². The summed E-state index contributed by atoms with van der Waals surface area (Å²) >= 11 is 0. The standard InChI is InChI=1S/C20H26O6/c1-8-9-4-5-10-18-11(21)6-7-17(2,3)12(18)14(23)20(24)19(10,13(8)22)15(9)25-16(18)26-20/h9-12,14-16,21,23-24H,1,4-7H2,2-3H3/t9-,10?,11-,12+,14-,15+,16?,18?,19?,20-/m0/s1. The van der Waals surface area contributed by atoms with Crippen LogP contribution in [0.25, 0.3) is 0 Å². The average Bonchev–Trinajstić information content (AvgIpc) is 2.71. The molecular weight excluding hydrogens is 336 g/mol. The van der Waals surface area contributed by atoms with E-state index in [-0.39, 0.29) is 23.0 Å². The summed E-state index contributed by atoms with van der Waals surface area (Å²) in [5.41, 5.74) is -2.03. The third kappa shape index (κ3) is 1.19. The molecule has 4 aliphatic carbocycles. The Kier molecular flexibility index (Phi) is 2.57. The van der Waals surface area contributed by atoms with Gasteiger partial charge in [0, 0.05) is 11.8 Å². The Bertz CT molecular complexity index is 761. The van der Waals surface area contributed by atoms with Crippen LogP contribution in [-0.4, -0.2) is 51.5 Å². The monoisotopic (exact) mass is 362 g/mol. The molecule has 4 saturated heterocycles. The van der Waals surface area contributed by atoms with E-state index >= 15 is 0 Å². The van der Waals surface area contributed by atoms with E-state index in [1.807, 2.05) is 0 Å². The maximum Gasteiger partial charge on any atom is 0.211 e. The van der Waals surface area contributed by atoms with Gasteiger partial charge < -0.3 is 24.8 Å². The molecule has 7 bridgehead atoms. The molecule has 0 aromatic carbocycles. The van der Waals surface area contributed by atoms with Crippen LogP contribution < -0.4 is 0 Å². The maximum absolute atomic E-state index is 13.4. The van der Waals surface area contributed by atoms with E-state index in [1.54, 1.807) is 0 Å². The van der Waals surface area contributed by atoms with Crippen LogP contribution in [0.2, 0.25) is 0 Å². The molecule has 0 radical (unpaired) electrons. The Morgan fingerprint density at radius 3 is 2.65 bits per heavy atom. The van der Waals surface area contributed by atoms with Crippen LogP contribution in [0.1, 0.15) is 39.5 Å². The molecule has 4 unspecified atom stereocenters. The number of carbonyl (C=O) groups is 1. The molecule has 10 atom stereocenters. The van der Waals surface area contributed by atoms with Crippen molar-refractivity contribution in [2.45, 2.75) is 69.9 Å². The zero-order valence-corrected chi connectivity index (χ0v) is 15.1. The van der Waals surface area contributed by atoms with Crippen LogP contribution in [0.5, 0.6) is 0 Å². The van der Waals surface area contributed by atoms with Gasteiger partial charge in [-0.25, -0.2) is 0 Å². The van der Waals surface area contributed by atoms with Gasteiger partial charge in [-0.1, -0.05) is 20.4 Å². The van der Waals surface area contributed by atoms with Gasteiger partial charge in [0.25, 0.3) is 0 Å². The lowest BCUT2D eigenvalue weighted by molar-refractivity contribution is -0.556. The molecule has 0 aromatic heterocycles. The van der Waals surface area contributed by atoms with Gasteiger partial charge in [-0.3, -0.25) is 4.79 Å². The van der Waals surface area contributed by atoms with E-state index in [0.717, 1.165) is 12.8 Å². The number of aliphatic hydroxyl groups is 3. The minimum Gasteiger partial charge on any atom is -0.392 e. The third-order valence-electron chi connectivity index (χ3n) is 9.14. The second-order valence-corrected chi connectivity index (χ2v) is 10.1. The largest absolute Gasteiger partial charge is 0.392 e. The van der Waals surface area contributed by atoms with Crippen molar-refractivity contribution in [2.24, 2.45) is 34.0 Å². The summed E-state index contributed by atoms with van der Waals surface area (Å²) < 4.78 is 12.3. The first-order chi connectivity index (χ1) is 12.1. The number of hydrogen-bond acceptors (Lipinski definition) is 6. The number of rotatable bonds is 0. The van der Waals surface area contributed by atoms with Crippen molar-refractivity contribution in [1.82, 2.24) is 0 Å². The number of ether oxygens (including phenoxy) is 2. The second kappa shape index (κ2) is 4.13. The Labute approximate surface area is 152 Å². The molecule has 8 rings (SSSR count). The van der Waals surface area contributed by atoms with Gasteiger partial charge in [0.1, 0.15) is 11.5 Å². The minimum atomic E-state index is -1.97. The van der Waals surface area contributed by atoms with Crippen molar-refractivity contribution in [3.05, 3.63) is 12.2 Å². The number of ketones is 1. The van der Waals surface area contributed by atoms with E-state index in [1.165, 1.54) is 0 Å². The number of aliphatic hydroxyl groups excluding tert-OH is 2. The molecule has 6 heteroatoms. The van der Waals surface area contributed by atoms with E-state index in [9.17, 15) is 20.1 Å².